The molecule has 0 aliphatic carbocycles. The van der Waals surface area contributed by atoms with Crippen LogP contribution in [0.4, 0.5) is 0 Å². The van der Waals surface area contributed by atoms with Gasteiger partial charge in [-0.2, -0.15) is 5.26 Å². The van der Waals surface area contributed by atoms with Crippen molar-refractivity contribution >= 4 is 29.2 Å². The molecule has 0 bridgehead atoms. The van der Waals surface area contributed by atoms with Gasteiger partial charge in [0.25, 0.3) is 0 Å². The Morgan fingerprint density at radius 1 is 1.21 bits per heavy atom. The normalized spacial score (nSPS) is 10.8. The molecular weight excluding hydrogens is 326 g/mol. The van der Waals surface area contributed by atoms with Crippen LogP contribution in [0.25, 0.3) is 6.08 Å². The first kappa shape index (κ1) is 17.4. The van der Waals surface area contributed by atoms with Gasteiger partial charge in [-0.05, 0) is 42.8 Å². The average molecular weight is 341 g/mol. The molecule has 0 atom stereocenters. The number of carbonyl (C=O) groups excluding carboxylic acids is 2. The maximum absolute atomic E-state index is 12.0. The smallest absolute Gasteiger partial charge is 0.349 e. The van der Waals surface area contributed by atoms with Gasteiger partial charge in [0.1, 0.15) is 17.4 Å². The summed E-state index contributed by atoms with van der Waals surface area (Å²) in [4.78, 5) is 25.4. The number of hydrogen-bond acceptors (Lipinski definition) is 6. The molecule has 0 fully saturated rings. The first-order valence-electron chi connectivity index (χ1n) is 7.06. The summed E-state index contributed by atoms with van der Waals surface area (Å²) < 4.78 is 9.98. The van der Waals surface area contributed by atoms with Crippen LogP contribution >= 0.6 is 11.3 Å². The number of benzene rings is 1. The van der Waals surface area contributed by atoms with Crippen LogP contribution in [-0.4, -0.2) is 25.5 Å². The van der Waals surface area contributed by atoms with Crippen LogP contribution in [0.15, 0.2) is 42.0 Å². The zero-order valence-electron chi connectivity index (χ0n) is 13.2. The number of nitriles is 1. The molecule has 0 saturated carbocycles. The molecule has 1 aromatic carbocycles. The van der Waals surface area contributed by atoms with E-state index in [1.807, 2.05) is 13.0 Å². The van der Waals surface area contributed by atoms with E-state index in [9.17, 15) is 9.59 Å². The Labute approximate surface area is 143 Å². The number of nitrogens with zero attached hydrogens (tertiary/aromatic N) is 1. The highest BCUT2D eigenvalue weighted by Crippen LogP contribution is 2.17. The van der Waals surface area contributed by atoms with Crippen LogP contribution in [0.1, 0.15) is 20.1 Å². The fraction of sp³-hybridized carbons (Fsp3) is 0.167. The first-order valence-corrected chi connectivity index (χ1v) is 7.87. The van der Waals surface area contributed by atoms with Gasteiger partial charge in [0, 0.05) is 4.88 Å². The van der Waals surface area contributed by atoms with E-state index < -0.39 is 5.97 Å². The Morgan fingerprint density at radius 2 is 1.92 bits per heavy atom. The van der Waals surface area contributed by atoms with Gasteiger partial charge in [-0.1, -0.05) is 12.1 Å². The highest BCUT2D eigenvalue weighted by atomic mass is 32.1. The van der Waals surface area contributed by atoms with Gasteiger partial charge >= 0.3 is 5.97 Å². The Bertz CT molecular complexity index is 812. The maximum Gasteiger partial charge on any atom is 0.349 e. The highest BCUT2D eigenvalue weighted by molar-refractivity contribution is 7.14. The largest absolute Gasteiger partial charge is 0.497 e. The van der Waals surface area contributed by atoms with Crippen molar-refractivity contribution in [1.29, 1.82) is 5.26 Å². The fourth-order valence-electron chi connectivity index (χ4n) is 1.87. The van der Waals surface area contributed by atoms with Crippen LogP contribution in [-0.2, 0) is 9.53 Å². The summed E-state index contributed by atoms with van der Waals surface area (Å²) in [5, 5.41) is 9.12. The molecule has 0 aliphatic heterocycles. The molecule has 0 aliphatic rings. The Kier molecular flexibility index (Phi) is 5.88. The minimum atomic E-state index is -0.824. The molecule has 2 aromatic rings. The summed E-state index contributed by atoms with van der Waals surface area (Å²) in [5.74, 6) is -0.441. The quantitative estimate of drug-likeness (QED) is 0.348. The van der Waals surface area contributed by atoms with E-state index in [1.54, 1.807) is 43.5 Å². The standard InChI is InChI=1S/C18H15NO4S/c1-12-3-8-17(24-12)16(20)11-23-18(21)14(10-19)9-13-4-6-15(22-2)7-5-13/h3-9H,11H2,1-2H3/b14-9+. The van der Waals surface area contributed by atoms with Crippen molar-refractivity contribution in [2.75, 3.05) is 13.7 Å². The molecule has 0 unspecified atom stereocenters. The zero-order chi connectivity index (χ0) is 17.5. The van der Waals surface area contributed by atoms with Crippen molar-refractivity contribution in [3.63, 3.8) is 0 Å². The van der Waals surface area contributed by atoms with Gasteiger partial charge in [0.2, 0.25) is 5.78 Å². The highest BCUT2D eigenvalue weighted by Gasteiger charge is 2.15. The lowest BCUT2D eigenvalue weighted by molar-refractivity contribution is -0.137. The van der Waals surface area contributed by atoms with E-state index in [1.165, 1.54) is 17.4 Å². The minimum absolute atomic E-state index is 0.171. The molecule has 122 valence electrons. The number of hydrogen-bond donors (Lipinski definition) is 0. The second-order valence-corrected chi connectivity index (χ2v) is 6.14. The van der Waals surface area contributed by atoms with Gasteiger partial charge in [0.15, 0.2) is 6.61 Å². The second-order valence-electron chi connectivity index (χ2n) is 4.85. The van der Waals surface area contributed by atoms with E-state index in [4.69, 9.17) is 14.7 Å². The molecule has 24 heavy (non-hydrogen) atoms. The van der Waals surface area contributed by atoms with Crippen LogP contribution in [0.3, 0.4) is 0 Å². The number of thiophene rings is 1. The number of carbonyl (C=O) groups is 2. The number of ketones is 1. The number of Topliss-reactive ketones (excluding diaryl/α,β-unsaturated/α-hetero) is 1. The molecule has 1 heterocycles. The van der Waals surface area contributed by atoms with Crippen molar-refractivity contribution in [2.45, 2.75) is 6.92 Å². The number of methoxy groups -OCH3 is 1. The lowest BCUT2D eigenvalue weighted by Gasteiger charge is -2.03. The summed E-state index contributed by atoms with van der Waals surface area (Å²) in [7, 11) is 1.55. The molecule has 1 aromatic heterocycles. The third kappa shape index (κ3) is 4.54. The molecule has 6 heteroatoms. The van der Waals surface area contributed by atoms with Crippen molar-refractivity contribution in [3.8, 4) is 11.8 Å². The van der Waals surface area contributed by atoms with Crippen molar-refractivity contribution in [2.24, 2.45) is 0 Å². The van der Waals surface area contributed by atoms with E-state index in [0.717, 1.165) is 4.88 Å². The Hall–Kier alpha value is -2.91. The third-order valence-corrected chi connectivity index (χ3v) is 4.16. The lowest BCUT2D eigenvalue weighted by atomic mass is 10.1. The number of esters is 1. The van der Waals surface area contributed by atoms with Gasteiger partial charge < -0.3 is 9.47 Å². The summed E-state index contributed by atoms with van der Waals surface area (Å²) >= 11 is 1.34. The SMILES string of the molecule is COc1ccc(/C=C(\C#N)C(=O)OCC(=O)c2ccc(C)s2)cc1. The fourth-order valence-corrected chi connectivity index (χ4v) is 2.66. The van der Waals surface area contributed by atoms with Crippen LogP contribution < -0.4 is 4.74 Å². The molecular formula is C18H15NO4S. The van der Waals surface area contributed by atoms with Crippen LogP contribution in [0.5, 0.6) is 5.75 Å². The molecule has 0 spiro atoms. The van der Waals surface area contributed by atoms with Crippen molar-refractivity contribution in [1.82, 2.24) is 0 Å². The van der Waals surface area contributed by atoms with Crippen molar-refractivity contribution in [3.05, 3.63) is 57.3 Å². The molecule has 0 amide bonds. The van der Waals surface area contributed by atoms with E-state index in [0.29, 0.717) is 16.2 Å². The minimum Gasteiger partial charge on any atom is -0.497 e. The second kappa shape index (κ2) is 8.09. The predicted octanol–water partition coefficient (Wildman–Crippen LogP) is 3.40. The van der Waals surface area contributed by atoms with Gasteiger partial charge in [-0.15, -0.1) is 11.3 Å². The molecule has 2 rings (SSSR count). The number of rotatable bonds is 6. The third-order valence-electron chi connectivity index (χ3n) is 3.12. The molecule has 0 saturated heterocycles. The molecule has 0 radical (unpaired) electrons. The Balaban J connectivity index is 2.01. The van der Waals surface area contributed by atoms with Crippen LogP contribution in [0.2, 0.25) is 0 Å². The molecule has 5 nitrogen and oxygen atoms in total. The number of ether oxygens (including phenoxy) is 2. The first-order chi connectivity index (χ1) is 11.5. The zero-order valence-corrected chi connectivity index (χ0v) is 14.1. The van der Waals surface area contributed by atoms with Gasteiger partial charge in [0.05, 0.1) is 12.0 Å². The maximum atomic E-state index is 12.0. The summed E-state index contributed by atoms with van der Waals surface area (Å²) in [6.45, 7) is 1.50. The molecule has 0 N–H and O–H groups in total. The van der Waals surface area contributed by atoms with Gasteiger partial charge in [-0.25, -0.2) is 4.79 Å². The Morgan fingerprint density at radius 3 is 2.46 bits per heavy atom. The number of aryl methyl sites for hydroxylation is 1. The van der Waals surface area contributed by atoms with Crippen LogP contribution in [0, 0.1) is 18.3 Å². The average Bonchev–Trinajstić information content (AvgIpc) is 3.04. The van der Waals surface area contributed by atoms with E-state index in [-0.39, 0.29) is 18.0 Å². The monoisotopic (exact) mass is 341 g/mol. The van der Waals surface area contributed by atoms with E-state index in [2.05, 4.69) is 0 Å². The predicted molar refractivity (Wildman–Crippen MR) is 90.9 cm³/mol. The summed E-state index contributed by atoms with van der Waals surface area (Å²) in [6.07, 6.45) is 1.40. The topological polar surface area (TPSA) is 76.4 Å². The summed E-state index contributed by atoms with van der Waals surface area (Å²) in [6, 6.07) is 12.2. The van der Waals surface area contributed by atoms with E-state index >= 15 is 0 Å². The van der Waals surface area contributed by atoms with Crippen molar-refractivity contribution < 1.29 is 19.1 Å². The summed E-state index contributed by atoms with van der Waals surface area (Å²) in [5.41, 5.74) is 0.486. The lowest BCUT2D eigenvalue weighted by Crippen LogP contribution is -2.14. The van der Waals surface area contributed by atoms with Gasteiger partial charge in [-0.3, -0.25) is 4.79 Å².